The summed E-state index contributed by atoms with van der Waals surface area (Å²) in [5.74, 6) is -1.59. The first-order valence-corrected chi connectivity index (χ1v) is 7.89. The summed E-state index contributed by atoms with van der Waals surface area (Å²) in [6, 6.07) is 6.36. The van der Waals surface area contributed by atoms with Gasteiger partial charge in [-0.15, -0.1) is 0 Å². The maximum Gasteiger partial charge on any atom is 0.334 e. The average Bonchev–Trinajstić information content (AvgIpc) is 2.54. The third-order valence-corrected chi connectivity index (χ3v) is 3.98. The molecule has 2 atom stereocenters. The predicted octanol–water partition coefficient (Wildman–Crippen LogP) is 1.22. The molecule has 0 radical (unpaired) electrons. The van der Waals surface area contributed by atoms with Gasteiger partial charge in [0.1, 0.15) is 0 Å². The van der Waals surface area contributed by atoms with Gasteiger partial charge in [-0.3, -0.25) is 9.59 Å². The third kappa shape index (κ3) is 4.94. The molecule has 24 heavy (non-hydrogen) atoms. The molecule has 0 saturated carbocycles. The van der Waals surface area contributed by atoms with Crippen molar-refractivity contribution in [3.63, 3.8) is 0 Å². The summed E-state index contributed by atoms with van der Waals surface area (Å²) in [5.41, 5.74) is 0.756. The summed E-state index contributed by atoms with van der Waals surface area (Å²) in [4.78, 5) is 36.4. The van der Waals surface area contributed by atoms with Gasteiger partial charge in [0.15, 0.2) is 6.10 Å². The molecule has 8 heteroatoms. The normalized spacial score (nSPS) is 18.8. The van der Waals surface area contributed by atoms with Crippen LogP contribution in [0, 0.1) is 0 Å². The molecule has 0 spiro atoms. The molecule has 0 bridgehead atoms. The molecule has 1 aromatic rings. The highest BCUT2D eigenvalue weighted by atomic mass is 35.5. The van der Waals surface area contributed by atoms with E-state index in [9.17, 15) is 14.4 Å². The van der Waals surface area contributed by atoms with Crippen LogP contribution < -0.4 is 5.32 Å². The van der Waals surface area contributed by atoms with E-state index >= 15 is 0 Å². The van der Waals surface area contributed by atoms with E-state index in [1.54, 1.807) is 24.3 Å². The lowest BCUT2D eigenvalue weighted by molar-refractivity contribution is -0.159. The van der Waals surface area contributed by atoms with Crippen molar-refractivity contribution in [2.45, 2.75) is 25.5 Å². The molecule has 1 saturated heterocycles. The number of nitrogens with zero attached hydrogens (tertiary/aromatic N) is 1. The molecule has 0 unspecified atom stereocenters. The van der Waals surface area contributed by atoms with E-state index in [2.05, 4.69) is 5.32 Å². The number of halogens is 1. The van der Waals surface area contributed by atoms with Crippen LogP contribution in [0.5, 0.6) is 0 Å². The first-order valence-electron chi connectivity index (χ1n) is 7.51. The lowest BCUT2D eigenvalue weighted by atomic mass is 10.0. The van der Waals surface area contributed by atoms with Gasteiger partial charge in [-0.1, -0.05) is 23.7 Å². The van der Waals surface area contributed by atoms with Crippen LogP contribution in [-0.2, 0) is 19.1 Å². The number of benzene rings is 1. The Kier molecular flexibility index (Phi) is 6.16. The van der Waals surface area contributed by atoms with Crippen LogP contribution >= 0.6 is 11.6 Å². The smallest absolute Gasteiger partial charge is 0.334 e. The fraction of sp³-hybridized carbons (Fsp3) is 0.438. The van der Waals surface area contributed by atoms with Crippen LogP contribution in [0.1, 0.15) is 24.9 Å². The maximum absolute atomic E-state index is 12.5. The largest absolute Gasteiger partial charge is 0.479 e. The second-order valence-electron chi connectivity index (χ2n) is 5.55. The van der Waals surface area contributed by atoms with Crippen LogP contribution in [0.3, 0.4) is 0 Å². The number of carbonyl (C=O) groups excluding carboxylic acids is 2. The number of carboxylic acid groups (broad SMARTS) is 1. The molecule has 130 valence electrons. The monoisotopic (exact) mass is 354 g/mol. The highest BCUT2D eigenvalue weighted by molar-refractivity contribution is 6.30. The zero-order valence-electron chi connectivity index (χ0n) is 13.2. The fourth-order valence-corrected chi connectivity index (χ4v) is 2.65. The van der Waals surface area contributed by atoms with Crippen molar-refractivity contribution in [2.24, 2.45) is 0 Å². The lowest BCUT2D eigenvalue weighted by Gasteiger charge is -2.32. The Morgan fingerprint density at radius 2 is 2.04 bits per heavy atom. The van der Waals surface area contributed by atoms with Gasteiger partial charge < -0.3 is 20.1 Å². The molecule has 0 aliphatic carbocycles. The Morgan fingerprint density at radius 3 is 2.62 bits per heavy atom. The van der Waals surface area contributed by atoms with E-state index in [0.29, 0.717) is 11.6 Å². The van der Waals surface area contributed by atoms with Gasteiger partial charge >= 0.3 is 5.97 Å². The number of rotatable bonds is 5. The predicted molar refractivity (Wildman–Crippen MR) is 86.6 cm³/mol. The van der Waals surface area contributed by atoms with Gasteiger partial charge in [-0.2, -0.15) is 0 Å². The number of ether oxygens (including phenoxy) is 1. The zero-order valence-corrected chi connectivity index (χ0v) is 14.0. The average molecular weight is 355 g/mol. The molecular formula is C16H19ClN2O5. The van der Waals surface area contributed by atoms with Crippen LogP contribution in [0.2, 0.25) is 5.02 Å². The molecule has 1 heterocycles. The van der Waals surface area contributed by atoms with Crippen molar-refractivity contribution in [3.8, 4) is 0 Å². The summed E-state index contributed by atoms with van der Waals surface area (Å²) in [6.45, 7) is 1.88. The van der Waals surface area contributed by atoms with Crippen LogP contribution in [0.15, 0.2) is 24.3 Å². The number of aliphatic carboxylic acids is 1. The highest BCUT2D eigenvalue weighted by Gasteiger charge is 2.30. The van der Waals surface area contributed by atoms with Gasteiger partial charge in [0.05, 0.1) is 25.6 Å². The van der Waals surface area contributed by atoms with Crippen molar-refractivity contribution in [3.05, 3.63) is 34.9 Å². The Morgan fingerprint density at radius 1 is 1.38 bits per heavy atom. The Bertz CT molecular complexity index is 619. The van der Waals surface area contributed by atoms with E-state index in [1.807, 2.05) is 0 Å². The number of amides is 2. The maximum atomic E-state index is 12.5. The standard InChI is InChI=1S/C16H19ClN2O5/c1-10(20)18-13(11-2-4-12(17)5-3-11)8-15(21)19-6-7-24-14(9-19)16(22)23/h2-5,13-14H,6-9H2,1H3,(H,18,20)(H,22,23)/t13-,14-/m0/s1. The second-order valence-corrected chi connectivity index (χ2v) is 5.98. The highest BCUT2D eigenvalue weighted by Crippen LogP contribution is 2.21. The lowest BCUT2D eigenvalue weighted by Crippen LogP contribution is -2.49. The SMILES string of the molecule is CC(=O)N[C@@H](CC(=O)N1CCO[C@H](C(=O)O)C1)c1ccc(Cl)cc1. The molecule has 1 aromatic carbocycles. The first-order chi connectivity index (χ1) is 11.4. The van der Waals surface area contributed by atoms with E-state index in [1.165, 1.54) is 11.8 Å². The molecule has 0 aromatic heterocycles. The van der Waals surface area contributed by atoms with Crippen LogP contribution in [-0.4, -0.2) is 53.6 Å². The zero-order chi connectivity index (χ0) is 17.7. The van der Waals surface area contributed by atoms with Crippen molar-refractivity contribution >= 4 is 29.4 Å². The summed E-state index contributed by atoms with van der Waals surface area (Å²) >= 11 is 5.86. The van der Waals surface area contributed by atoms with E-state index in [-0.39, 0.29) is 31.4 Å². The van der Waals surface area contributed by atoms with Crippen molar-refractivity contribution in [1.29, 1.82) is 0 Å². The second kappa shape index (κ2) is 8.12. The van der Waals surface area contributed by atoms with Gasteiger partial charge in [0.2, 0.25) is 11.8 Å². The van der Waals surface area contributed by atoms with Crippen molar-refractivity contribution in [1.82, 2.24) is 10.2 Å². The topological polar surface area (TPSA) is 95.9 Å². The Hall–Kier alpha value is -2.12. The quantitative estimate of drug-likeness (QED) is 0.828. The van der Waals surface area contributed by atoms with Gasteiger partial charge in [0, 0.05) is 18.5 Å². The van der Waals surface area contributed by atoms with Gasteiger partial charge in [-0.05, 0) is 17.7 Å². The van der Waals surface area contributed by atoms with E-state index < -0.39 is 18.1 Å². The van der Waals surface area contributed by atoms with Gasteiger partial charge in [-0.25, -0.2) is 4.79 Å². The Balaban J connectivity index is 2.08. The van der Waals surface area contributed by atoms with E-state index in [4.69, 9.17) is 21.4 Å². The fourth-order valence-electron chi connectivity index (χ4n) is 2.52. The molecule has 2 N–H and O–H groups in total. The number of carbonyl (C=O) groups is 3. The first kappa shape index (κ1) is 18.2. The summed E-state index contributed by atoms with van der Waals surface area (Å²) < 4.78 is 5.11. The van der Waals surface area contributed by atoms with Crippen molar-refractivity contribution in [2.75, 3.05) is 19.7 Å². The van der Waals surface area contributed by atoms with E-state index in [0.717, 1.165) is 5.56 Å². The minimum Gasteiger partial charge on any atom is -0.479 e. The third-order valence-electron chi connectivity index (χ3n) is 3.72. The van der Waals surface area contributed by atoms with Crippen LogP contribution in [0.4, 0.5) is 0 Å². The number of hydrogen-bond acceptors (Lipinski definition) is 4. The molecule has 7 nitrogen and oxygen atoms in total. The Labute approximate surface area is 144 Å². The number of morpholine rings is 1. The molecular weight excluding hydrogens is 336 g/mol. The molecule has 1 aliphatic heterocycles. The summed E-state index contributed by atoms with van der Waals surface area (Å²) in [5, 5.41) is 12.3. The summed E-state index contributed by atoms with van der Waals surface area (Å²) in [7, 11) is 0. The van der Waals surface area contributed by atoms with Crippen molar-refractivity contribution < 1.29 is 24.2 Å². The number of carboxylic acids is 1. The molecule has 2 amide bonds. The molecule has 1 fully saturated rings. The molecule has 1 aliphatic rings. The number of nitrogens with one attached hydrogen (secondary N) is 1. The minimum absolute atomic E-state index is 0.00156. The van der Waals surface area contributed by atoms with Crippen LogP contribution in [0.25, 0.3) is 0 Å². The van der Waals surface area contributed by atoms with Gasteiger partial charge in [0.25, 0.3) is 0 Å². The summed E-state index contributed by atoms with van der Waals surface area (Å²) in [6.07, 6.45) is -0.981. The number of hydrogen-bond donors (Lipinski definition) is 2. The molecule has 2 rings (SSSR count). The minimum atomic E-state index is -1.09.